The molecule has 10 aliphatic rings. The molecule has 0 radical (unpaired) electrons. The van der Waals surface area contributed by atoms with E-state index in [2.05, 4.69) is 32.1 Å². The number of aliphatic hydroxyl groups excluding tert-OH is 1. The van der Waals surface area contributed by atoms with Crippen LogP contribution in [0.4, 0.5) is 4.79 Å². The van der Waals surface area contributed by atoms with Gasteiger partial charge in [0.15, 0.2) is 5.76 Å². The van der Waals surface area contributed by atoms with Gasteiger partial charge in [0, 0.05) is 28.4 Å². The standard InChI is InChI=1S/C41H55NO6/c1-4-47-35(45)42(24-38-19-26-16-27(20-38)18-28(17-26)21-38)25-40(46)12-9-33-37(40,3)11-8-32-36(2)10-7-29(43)22-39(36)13-14-41(32,33)30(23-39)34(44)31-6-5-15-48-31/h5-6,13-15,23,26-29,32-33,43,46H,4,7-12,16-22,24-25H2,1-3H3. The number of carbonyl (C=O) groups is 2. The number of furan rings is 1. The van der Waals surface area contributed by atoms with E-state index in [9.17, 15) is 19.8 Å². The number of fused-ring (bicyclic) bond motifs is 1. The molecule has 1 heterocycles. The summed E-state index contributed by atoms with van der Waals surface area (Å²) in [5.41, 5.74) is -1.69. The van der Waals surface area contributed by atoms with E-state index >= 15 is 0 Å². The van der Waals surface area contributed by atoms with Crippen molar-refractivity contribution in [2.24, 2.45) is 56.7 Å². The molecule has 8 atom stereocenters. The van der Waals surface area contributed by atoms with E-state index in [0.29, 0.717) is 31.8 Å². The molecule has 10 aliphatic carbocycles. The molecule has 0 aromatic carbocycles. The number of amides is 1. The Labute approximate surface area is 285 Å². The maximum atomic E-state index is 14.5. The lowest BCUT2D eigenvalue weighted by molar-refractivity contribution is -0.177. The minimum absolute atomic E-state index is 0.0285. The van der Waals surface area contributed by atoms with Crippen molar-refractivity contribution in [2.45, 2.75) is 116 Å². The Morgan fingerprint density at radius 1 is 0.917 bits per heavy atom. The Hall–Kier alpha value is -2.38. The summed E-state index contributed by atoms with van der Waals surface area (Å²) in [4.78, 5) is 30.2. The van der Waals surface area contributed by atoms with Gasteiger partial charge in [0.1, 0.15) is 0 Å². The van der Waals surface area contributed by atoms with E-state index in [0.717, 1.165) is 55.4 Å². The summed E-state index contributed by atoms with van der Waals surface area (Å²) in [7, 11) is 0. The first-order chi connectivity index (χ1) is 22.9. The van der Waals surface area contributed by atoms with Crippen molar-refractivity contribution in [3.05, 3.63) is 48.0 Å². The smallest absolute Gasteiger partial charge is 0.409 e. The third kappa shape index (κ3) is 4.06. The minimum Gasteiger partial charge on any atom is -0.461 e. The zero-order chi connectivity index (χ0) is 33.3. The molecule has 7 saturated carbocycles. The second kappa shape index (κ2) is 10.3. The summed E-state index contributed by atoms with van der Waals surface area (Å²) in [5.74, 6) is 2.88. The van der Waals surface area contributed by atoms with Crippen LogP contribution in [0.3, 0.4) is 0 Å². The van der Waals surface area contributed by atoms with Crippen LogP contribution in [-0.4, -0.2) is 58.4 Å². The summed E-state index contributed by atoms with van der Waals surface area (Å²) < 4.78 is 11.5. The van der Waals surface area contributed by atoms with Gasteiger partial charge in [-0.3, -0.25) is 4.79 Å². The fourth-order valence-electron chi connectivity index (χ4n) is 14.7. The van der Waals surface area contributed by atoms with Crippen molar-refractivity contribution in [1.29, 1.82) is 0 Å². The first-order valence-electron chi connectivity index (χ1n) is 19.2. The molecule has 2 N–H and O–H groups in total. The van der Waals surface area contributed by atoms with Gasteiger partial charge < -0.3 is 24.3 Å². The highest BCUT2D eigenvalue weighted by molar-refractivity contribution is 6.08. The lowest BCUT2D eigenvalue weighted by atomic mass is 9.32. The second-order valence-electron chi connectivity index (χ2n) is 18.6. The number of Topliss-reactive ketones (excluding diaryl/α,β-unsaturated/α-hetero) is 1. The van der Waals surface area contributed by atoms with E-state index in [4.69, 9.17) is 9.15 Å². The molecule has 1 amide bonds. The predicted molar refractivity (Wildman–Crippen MR) is 181 cm³/mol. The summed E-state index contributed by atoms with van der Waals surface area (Å²) in [6.45, 7) is 7.82. The molecule has 1 aromatic heterocycles. The molecule has 11 rings (SSSR count). The van der Waals surface area contributed by atoms with Crippen LogP contribution < -0.4 is 0 Å². The third-order valence-electron chi connectivity index (χ3n) is 16.4. The molecule has 1 aromatic rings. The van der Waals surface area contributed by atoms with Crippen LogP contribution in [-0.2, 0) is 4.74 Å². The SMILES string of the molecule is CCOC(=O)N(CC12CC3CC(CC(C3)C1)C2)CC1(O)CCC2C34C=CC5(C=C3C(=O)c3ccco3)CC(O)CCC5(C)C4CCC21C. The average Bonchev–Trinajstić information content (AvgIpc) is 3.66. The zero-order valence-electron chi connectivity index (χ0n) is 29.2. The van der Waals surface area contributed by atoms with Gasteiger partial charge in [-0.2, -0.15) is 0 Å². The van der Waals surface area contributed by atoms with Crippen LogP contribution >= 0.6 is 0 Å². The van der Waals surface area contributed by atoms with Gasteiger partial charge >= 0.3 is 6.09 Å². The van der Waals surface area contributed by atoms with Crippen LogP contribution in [0.1, 0.15) is 115 Å². The van der Waals surface area contributed by atoms with Crippen molar-refractivity contribution in [1.82, 2.24) is 4.90 Å². The van der Waals surface area contributed by atoms with Crippen LogP contribution in [0.5, 0.6) is 0 Å². The second-order valence-corrected chi connectivity index (χ2v) is 18.6. The van der Waals surface area contributed by atoms with Gasteiger partial charge in [-0.05, 0) is 143 Å². The Morgan fingerprint density at radius 3 is 2.25 bits per heavy atom. The lowest BCUT2D eigenvalue weighted by Gasteiger charge is -2.71. The summed E-state index contributed by atoms with van der Waals surface area (Å²) in [6.07, 6.45) is 20.9. The summed E-state index contributed by atoms with van der Waals surface area (Å²) in [6, 6.07) is 3.54. The number of allylic oxidation sites excluding steroid dienone is 4. The fraction of sp³-hybridized carbons (Fsp3) is 0.756. The van der Waals surface area contributed by atoms with Crippen LogP contribution in [0.15, 0.2) is 46.6 Å². The Kier molecular flexibility index (Phi) is 6.80. The first kappa shape index (κ1) is 31.6. The third-order valence-corrected chi connectivity index (χ3v) is 16.4. The molecule has 48 heavy (non-hydrogen) atoms. The Bertz CT molecular complexity index is 1530. The molecule has 0 saturated heterocycles. The molecule has 7 heteroatoms. The van der Waals surface area contributed by atoms with E-state index in [1.165, 1.54) is 38.5 Å². The zero-order valence-corrected chi connectivity index (χ0v) is 29.2. The number of carbonyl (C=O) groups excluding carboxylic acids is 2. The van der Waals surface area contributed by atoms with E-state index in [1.807, 2.05) is 11.8 Å². The predicted octanol–water partition coefficient (Wildman–Crippen LogP) is 7.73. The molecule has 0 aliphatic heterocycles. The monoisotopic (exact) mass is 657 g/mol. The average molecular weight is 658 g/mol. The van der Waals surface area contributed by atoms with E-state index in [-0.39, 0.29) is 46.5 Å². The van der Waals surface area contributed by atoms with Gasteiger partial charge in [0.25, 0.3) is 0 Å². The van der Waals surface area contributed by atoms with E-state index < -0.39 is 22.5 Å². The summed E-state index contributed by atoms with van der Waals surface area (Å²) in [5, 5.41) is 24.0. The van der Waals surface area contributed by atoms with Gasteiger partial charge in [0.05, 0.1) is 31.1 Å². The summed E-state index contributed by atoms with van der Waals surface area (Å²) >= 11 is 0. The van der Waals surface area contributed by atoms with Crippen LogP contribution in [0, 0.1) is 56.7 Å². The molecule has 260 valence electrons. The van der Waals surface area contributed by atoms with Crippen molar-refractivity contribution in [3.8, 4) is 0 Å². The highest BCUT2D eigenvalue weighted by Crippen LogP contribution is 2.78. The Balaban J connectivity index is 1.09. The molecular weight excluding hydrogens is 602 g/mol. The molecule has 7 fully saturated rings. The fourth-order valence-corrected chi connectivity index (χ4v) is 14.7. The molecule has 7 nitrogen and oxygen atoms in total. The number of nitrogens with zero attached hydrogens (tertiary/aromatic N) is 1. The van der Waals surface area contributed by atoms with Crippen LogP contribution in [0.2, 0.25) is 0 Å². The maximum absolute atomic E-state index is 14.5. The van der Waals surface area contributed by atoms with Gasteiger partial charge in [0.2, 0.25) is 5.78 Å². The quantitative estimate of drug-likeness (QED) is 0.230. The first-order valence-corrected chi connectivity index (χ1v) is 19.2. The van der Waals surface area contributed by atoms with E-state index in [1.54, 1.807) is 18.4 Å². The Morgan fingerprint density at radius 2 is 1.58 bits per heavy atom. The number of ketones is 1. The largest absolute Gasteiger partial charge is 0.461 e. The number of rotatable bonds is 7. The van der Waals surface area contributed by atoms with Crippen LogP contribution in [0.25, 0.3) is 0 Å². The number of hydrogen-bond acceptors (Lipinski definition) is 6. The molecule has 8 unspecified atom stereocenters. The minimum atomic E-state index is -1.10. The topological polar surface area (TPSA) is 100 Å². The van der Waals surface area contributed by atoms with Crippen molar-refractivity contribution < 1.29 is 29.0 Å². The highest BCUT2D eigenvalue weighted by Gasteiger charge is 2.75. The van der Waals surface area contributed by atoms with Gasteiger partial charge in [-0.15, -0.1) is 0 Å². The van der Waals surface area contributed by atoms with Crippen molar-refractivity contribution in [3.63, 3.8) is 0 Å². The maximum Gasteiger partial charge on any atom is 0.409 e. The molecule has 6 bridgehead atoms. The number of ether oxygens (including phenoxy) is 1. The number of hydrogen-bond donors (Lipinski definition) is 2. The molecular formula is C41H55NO6. The number of aliphatic hydroxyl groups is 2. The van der Waals surface area contributed by atoms with Crippen molar-refractivity contribution in [2.75, 3.05) is 19.7 Å². The molecule has 2 spiro atoms. The van der Waals surface area contributed by atoms with Gasteiger partial charge in [-0.1, -0.05) is 32.1 Å². The lowest BCUT2D eigenvalue weighted by Crippen LogP contribution is -2.67. The van der Waals surface area contributed by atoms with Crippen molar-refractivity contribution >= 4 is 11.9 Å². The highest BCUT2D eigenvalue weighted by atomic mass is 16.6. The van der Waals surface area contributed by atoms with Gasteiger partial charge in [-0.25, -0.2) is 4.79 Å². The normalized spacial score (nSPS) is 49.2.